The van der Waals surface area contributed by atoms with Crippen LogP contribution >= 0.6 is 11.8 Å². The van der Waals surface area contributed by atoms with Crippen LogP contribution in [0.4, 0.5) is 4.39 Å². The van der Waals surface area contributed by atoms with Gasteiger partial charge in [0.1, 0.15) is 5.82 Å². The third-order valence-corrected chi connectivity index (χ3v) is 4.67. The van der Waals surface area contributed by atoms with Gasteiger partial charge >= 0.3 is 0 Å². The van der Waals surface area contributed by atoms with Gasteiger partial charge in [0, 0.05) is 19.8 Å². The van der Waals surface area contributed by atoms with Gasteiger partial charge in [-0.25, -0.2) is 4.39 Å². The molecular formula is C18H17FN4OS. The lowest BCUT2D eigenvalue weighted by molar-refractivity contribution is 0.101. The maximum atomic E-state index is 14.1. The average molecular weight is 356 g/mol. The summed E-state index contributed by atoms with van der Waals surface area (Å²) in [6, 6.07) is 10.0. The smallest absolute Gasteiger partial charge is 0.192 e. The summed E-state index contributed by atoms with van der Waals surface area (Å²) < 4.78 is 17.6. The zero-order valence-corrected chi connectivity index (χ0v) is 14.5. The first-order chi connectivity index (χ1) is 12.1. The highest BCUT2D eigenvalue weighted by molar-refractivity contribution is 7.99. The van der Waals surface area contributed by atoms with Crippen molar-refractivity contribution in [1.82, 2.24) is 19.3 Å². The molecule has 0 radical (unpaired) electrons. The molecule has 3 aromatic rings. The molecule has 3 rings (SSSR count). The summed E-state index contributed by atoms with van der Waals surface area (Å²) in [6.45, 7) is 4.16. The molecule has 0 fully saturated rings. The second kappa shape index (κ2) is 7.48. The van der Waals surface area contributed by atoms with E-state index in [1.807, 2.05) is 19.3 Å². The zero-order chi connectivity index (χ0) is 17.8. The maximum Gasteiger partial charge on any atom is 0.192 e. The molecule has 128 valence electrons. The van der Waals surface area contributed by atoms with Crippen LogP contribution in [0, 0.1) is 5.82 Å². The molecule has 0 aliphatic rings. The molecule has 0 aliphatic carbocycles. The molecule has 7 heteroatoms. The van der Waals surface area contributed by atoms with E-state index in [4.69, 9.17) is 0 Å². The molecule has 2 aromatic heterocycles. The predicted octanol–water partition coefficient (Wildman–Crippen LogP) is 3.58. The van der Waals surface area contributed by atoms with Crippen LogP contribution in [0.15, 0.2) is 60.4 Å². The second-order valence-corrected chi connectivity index (χ2v) is 6.34. The van der Waals surface area contributed by atoms with Gasteiger partial charge in [0.2, 0.25) is 0 Å². The number of aryl methyl sites for hydroxylation is 1. The highest BCUT2D eigenvalue weighted by atomic mass is 32.2. The molecule has 5 nitrogen and oxygen atoms in total. The van der Waals surface area contributed by atoms with Gasteiger partial charge in [0.25, 0.3) is 0 Å². The number of benzene rings is 1. The van der Waals surface area contributed by atoms with Crippen molar-refractivity contribution in [3.05, 3.63) is 66.8 Å². The van der Waals surface area contributed by atoms with E-state index >= 15 is 0 Å². The lowest BCUT2D eigenvalue weighted by Gasteiger charge is -2.08. The monoisotopic (exact) mass is 356 g/mol. The molecule has 0 spiro atoms. The summed E-state index contributed by atoms with van der Waals surface area (Å²) in [6.07, 6.45) is 3.52. The molecule has 0 amide bonds. The number of ketones is 1. The van der Waals surface area contributed by atoms with Crippen LogP contribution in [-0.4, -0.2) is 30.9 Å². The van der Waals surface area contributed by atoms with E-state index < -0.39 is 0 Å². The van der Waals surface area contributed by atoms with Crippen molar-refractivity contribution in [2.24, 2.45) is 7.05 Å². The SMILES string of the molecule is C=CCn1c(SCC(=O)c2cccn2C)nnc1-c1ccccc1F. The summed E-state index contributed by atoms with van der Waals surface area (Å²) in [4.78, 5) is 12.3. The topological polar surface area (TPSA) is 52.7 Å². The molecule has 0 aliphatic heterocycles. The molecule has 0 bridgehead atoms. The summed E-state index contributed by atoms with van der Waals surface area (Å²) in [5, 5.41) is 8.80. The van der Waals surface area contributed by atoms with Crippen LogP contribution < -0.4 is 0 Å². The quantitative estimate of drug-likeness (QED) is 0.369. The lowest BCUT2D eigenvalue weighted by atomic mass is 10.2. The Labute approximate surface area is 149 Å². The Morgan fingerprint density at radius 1 is 1.28 bits per heavy atom. The van der Waals surface area contributed by atoms with Crippen molar-refractivity contribution in [2.45, 2.75) is 11.7 Å². The number of rotatable bonds is 7. The van der Waals surface area contributed by atoms with Crippen LogP contribution in [0.5, 0.6) is 0 Å². The van der Waals surface area contributed by atoms with Gasteiger partial charge in [-0.1, -0.05) is 30.0 Å². The normalized spacial score (nSPS) is 10.8. The standard InChI is InChI=1S/C18H17FN4OS/c1-3-10-23-17(13-7-4-5-8-14(13)19)20-21-18(23)25-12-16(24)15-9-6-11-22(15)2/h3-9,11H,1,10,12H2,2H3. The Hall–Kier alpha value is -2.67. The van der Waals surface area contributed by atoms with Crippen molar-refractivity contribution in [3.63, 3.8) is 0 Å². The second-order valence-electron chi connectivity index (χ2n) is 5.40. The number of hydrogen-bond acceptors (Lipinski definition) is 4. The summed E-state index contributed by atoms with van der Waals surface area (Å²) in [5.41, 5.74) is 1.01. The molecule has 0 N–H and O–H groups in total. The van der Waals surface area contributed by atoms with E-state index in [2.05, 4.69) is 16.8 Å². The van der Waals surface area contributed by atoms with Crippen LogP contribution in [0.1, 0.15) is 10.5 Å². The Kier molecular flexibility index (Phi) is 5.14. The van der Waals surface area contributed by atoms with Gasteiger partial charge in [-0.15, -0.1) is 16.8 Å². The first-order valence-corrected chi connectivity index (χ1v) is 8.66. The fourth-order valence-electron chi connectivity index (χ4n) is 2.49. The molecule has 0 saturated carbocycles. The van der Waals surface area contributed by atoms with E-state index in [0.29, 0.717) is 28.8 Å². The minimum atomic E-state index is -0.364. The number of nitrogens with zero attached hydrogens (tertiary/aromatic N) is 4. The first kappa shape index (κ1) is 17.2. The summed E-state index contributed by atoms with van der Waals surface area (Å²) in [5.74, 6) is 0.284. The lowest BCUT2D eigenvalue weighted by Crippen LogP contribution is -2.09. The Morgan fingerprint density at radius 3 is 2.76 bits per heavy atom. The number of carbonyl (C=O) groups is 1. The molecule has 2 heterocycles. The number of allylic oxidation sites excluding steroid dienone is 1. The predicted molar refractivity (Wildman–Crippen MR) is 96.1 cm³/mol. The van der Waals surface area contributed by atoms with Crippen LogP contribution in [0.2, 0.25) is 0 Å². The van der Waals surface area contributed by atoms with Crippen molar-refractivity contribution >= 4 is 17.5 Å². The van der Waals surface area contributed by atoms with Gasteiger partial charge in [0.15, 0.2) is 16.8 Å². The number of halogens is 1. The van der Waals surface area contributed by atoms with E-state index in [1.165, 1.54) is 17.8 Å². The minimum absolute atomic E-state index is 0.00176. The number of aromatic nitrogens is 4. The van der Waals surface area contributed by atoms with Crippen molar-refractivity contribution in [1.29, 1.82) is 0 Å². The summed E-state index contributed by atoms with van der Waals surface area (Å²) >= 11 is 1.28. The number of hydrogen-bond donors (Lipinski definition) is 0. The van der Waals surface area contributed by atoms with Gasteiger partial charge in [-0.3, -0.25) is 9.36 Å². The molecule has 1 aromatic carbocycles. The Morgan fingerprint density at radius 2 is 2.08 bits per heavy atom. The van der Waals surface area contributed by atoms with Gasteiger partial charge in [-0.2, -0.15) is 0 Å². The van der Waals surface area contributed by atoms with Crippen molar-refractivity contribution < 1.29 is 9.18 Å². The fraction of sp³-hybridized carbons (Fsp3) is 0.167. The highest BCUT2D eigenvalue weighted by Crippen LogP contribution is 2.26. The molecule has 0 atom stereocenters. The van der Waals surface area contributed by atoms with Crippen LogP contribution in [-0.2, 0) is 13.6 Å². The maximum absolute atomic E-state index is 14.1. The number of thioether (sulfide) groups is 1. The Bertz CT molecular complexity index is 915. The van der Waals surface area contributed by atoms with E-state index in [1.54, 1.807) is 39.5 Å². The number of carbonyl (C=O) groups excluding carboxylic acids is 1. The largest absolute Gasteiger partial charge is 0.348 e. The third kappa shape index (κ3) is 3.56. The molecular weight excluding hydrogens is 339 g/mol. The van der Waals surface area contributed by atoms with Crippen LogP contribution in [0.25, 0.3) is 11.4 Å². The zero-order valence-electron chi connectivity index (χ0n) is 13.7. The van der Waals surface area contributed by atoms with Crippen molar-refractivity contribution in [2.75, 3.05) is 5.75 Å². The fourth-order valence-corrected chi connectivity index (χ4v) is 3.31. The first-order valence-electron chi connectivity index (χ1n) is 7.68. The number of Topliss-reactive ketones (excluding diaryl/α,β-unsaturated/α-hetero) is 1. The van der Waals surface area contributed by atoms with Gasteiger partial charge in [-0.05, 0) is 24.3 Å². The Balaban J connectivity index is 1.85. The van der Waals surface area contributed by atoms with E-state index in [9.17, 15) is 9.18 Å². The molecule has 0 saturated heterocycles. The highest BCUT2D eigenvalue weighted by Gasteiger charge is 2.18. The van der Waals surface area contributed by atoms with Gasteiger partial charge in [0.05, 0.1) is 17.0 Å². The third-order valence-electron chi connectivity index (χ3n) is 3.71. The van der Waals surface area contributed by atoms with E-state index in [0.717, 1.165) is 0 Å². The van der Waals surface area contributed by atoms with E-state index in [-0.39, 0.29) is 17.4 Å². The average Bonchev–Trinajstić information content (AvgIpc) is 3.20. The van der Waals surface area contributed by atoms with Crippen LogP contribution in [0.3, 0.4) is 0 Å². The molecule has 0 unspecified atom stereocenters. The van der Waals surface area contributed by atoms with Crippen molar-refractivity contribution in [3.8, 4) is 11.4 Å². The summed E-state index contributed by atoms with van der Waals surface area (Å²) in [7, 11) is 1.83. The minimum Gasteiger partial charge on any atom is -0.348 e. The molecule has 25 heavy (non-hydrogen) atoms. The van der Waals surface area contributed by atoms with Gasteiger partial charge < -0.3 is 4.57 Å².